The Balaban J connectivity index is 2.42. The first kappa shape index (κ1) is 19.0. The molecule has 0 radical (unpaired) electrons. The zero-order chi connectivity index (χ0) is 17.4. The van der Waals surface area contributed by atoms with Crippen LogP contribution in [0, 0.1) is 11.3 Å². The van der Waals surface area contributed by atoms with Crippen molar-refractivity contribution in [1.29, 1.82) is 5.41 Å². The third kappa shape index (κ3) is 6.69. The van der Waals surface area contributed by atoms with Gasteiger partial charge in [0, 0.05) is 6.54 Å². The largest absolute Gasteiger partial charge is 0.368 e. The summed E-state index contributed by atoms with van der Waals surface area (Å²) in [5.74, 6) is -0.0519. The molecule has 6 heteroatoms. The zero-order valence-corrected chi connectivity index (χ0v) is 14.2. The number of nitrogens with one attached hydrogen (secondary N) is 2. The second-order valence-electron chi connectivity index (χ2n) is 6.21. The molecule has 0 aliphatic carbocycles. The maximum atomic E-state index is 12.1. The van der Waals surface area contributed by atoms with E-state index in [2.05, 4.69) is 31.3 Å². The van der Waals surface area contributed by atoms with Crippen molar-refractivity contribution >= 4 is 11.9 Å². The van der Waals surface area contributed by atoms with E-state index < -0.39 is 5.96 Å². The first-order chi connectivity index (χ1) is 10.8. The summed E-state index contributed by atoms with van der Waals surface area (Å²) in [6.07, 6.45) is 1.55. The lowest BCUT2D eigenvalue weighted by molar-refractivity contribution is -0.122. The van der Waals surface area contributed by atoms with Gasteiger partial charge in [-0.3, -0.25) is 15.4 Å². The van der Waals surface area contributed by atoms with E-state index in [1.807, 2.05) is 19.1 Å². The minimum Gasteiger partial charge on any atom is -0.368 e. The SMILES string of the molecule is CC(C)Cc1ccc([C@@H](C)C(=O)NCCCN(O)C(=N)N)cc1. The highest BCUT2D eigenvalue weighted by Crippen LogP contribution is 2.17. The molecule has 0 saturated heterocycles. The van der Waals surface area contributed by atoms with Crippen LogP contribution in [0.25, 0.3) is 0 Å². The third-order valence-corrected chi connectivity index (χ3v) is 3.64. The van der Waals surface area contributed by atoms with Gasteiger partial charge in [0.25, 0.3) is 0 Å². The van der Waals surface area contributed by atoms with Gasteiger partial charge in [-0.25, -0.2) is 5.06 Å². The molecule has 23 heavy (non-hydrogen) atoms. The van der Waals surface area contributed by atoms with Crippen LogP contribution in [0.15, 0.2) is 24.3 Å². The van der Waals surface area contributed by atoms with Gasteiger partial charge < -0.3 is 11.1 Å². The Kier molecular flexibility index (Phi) is 7.54. The molecule has 0 aromatic heterocycles. The van der Waals surface area contributed by atoms with Crippen molar-refractivity contribution in [3.63, 3.8) is 0 Å². The predicted octanol–water partition coefficient (Wildman–Crippen LogP) is 2.08. The molecule has 6 nitrogen and oxygen atoms in total. The number of hydrogen-bond donors (Lipinski definition) is 4. The van der Waals surface area contributed by atoms with Crippen LogP contribution in [-0.2, 0) is 11.2 Å². The Morgan fingerprint density at radius 1 is 1.30 bits per heavy atom. The van der Waals surface area contributed by atoms with Crippen molar-refractivity contribution < 1.29 is 10.0 Å². The fourth-order valence-electron chi connectivity index (χ4n) is 2.28. The number of carbonyl (C=O) groups excluding carboxylic acids is 1. The molecule has 0 unspecified atom stereocenters. The maximum absolute atomic E-state index is 12.1. The molecule has 128 valence electrons. The number of amides is 1. The Bertz CT molecular complexity index is 514. The molecule has 1 rings (SSSR count). The summed E-state index contributed by atoms with van der Waals surface area (Å²) in [4.78, 5) is 12.1. The third-order valence-electron chi connectivity index (χ3n) is 3.64. The van der Waals surface area contributed by atoms with Crippen LogP contribution < -0.4 is 11.1 Å². The number of nitrogens with zero attached hydrogens (tertiary/aromatic N) is 1. The predicted molar refractivity (Wildman–Crippen MR) is 91.4 cm³/mol. The van der Waals surface area contributed by atoms with E-state index >= 15 is 0 Å². The minimum atomic E-state index is -0.397. The Morgan fingerprint density at radius 3 is 2.43 bits per heavy atom. The standard InChI is InChI=1S/C17H28N4O2/c1-12(2)11-14-5-7-15(8-6-14)13(3)16(22)20-9-4-10-21(23)17(18)19/h5-8,12-13,23H,4,9-11H2,1-3H3,(H3,18,19)(H,20,22)/t13-/m1/s1. The number of rotatable bonds is 8. The van der Waals surface area contributed by atoms with E-state index in [4.69, 9.17) is 11.1 Å². The van der Waals surface area contributed by atoms with Crippen LogP contribution in [0.5, 0.6) is 0 Å². The Labute approximate surface area is 138 Å². The van der Waals surface area contributed by atoms with Crippen molar-refractivity contribution in [2.24, 2.45) is 11.7 Å². The second kappa shape index (κ2) is 9.15. The van der Waals surface area contributed by atoms with E-state index in [1.54, 1.807) is 0 Å². The highest BCUT2D eigenvalue weighted by atomic mass is 16.5. The highest BCUT2D eigenvalue weighted by Gasteiger charge is 2.14. The molecule has 0 heterocycles. The van der Waals surface area contributed by atoms with E-state index in [9.17, 15) is 10.0 Å². The Hall–Kier alpha value is -2.08. The molecule has 1 atom stereocenters. The second-order valence-corrected chi connectivity index (χ2v) is 6.21. The molecule has 0 spiro atoms. The highest BCUT2D eigenvalue weighted by molar-refractivity contribution is 5.83. The number of nitrogens with two attached hydrogens (primary N) is 1. The molecule has 0 saturated carbocycles. The van der Waals surface area contributed by atoms with Crippen LogP contribution in [0.3, 0.4) is 0 Å². The topological polar surface area (TPSA) is 102 Å². The first-order valence-electron chi connectivity index (χ1n) is 7.98. The van der Waals surface area contributed by atoms with E-state index in [-0.39, 0.29) is 18.4 Å². The number of hydroxylamine groups is 2. The zero-order valence-electron chi connectivity index (χ0n) is 14.2. The monoisotopic (exact) mass is 320 g/mol. The molecule has 1 aromatic carbocycles. The summed E-state index contributed by atoms with van der Waals surface area (Å²) >= 11 is 0. The quantitative estimate of drug-likeness (QED) is 0.255. The van der Waals surface area contributed by atoms with Gasteiger partial charge >= 0.3 is 0 Å². The van der Waals surface area contributed by atoms with E-state index in [0.717, 1.165) is 12.0 Å². The summed E-state index contributed by atoms with van der Waals surface area (Å²) < 4.78 is 0. The van der Waals surface area contributed by atoms with Gasteiger partial charge in [0.15, 0.2) is 0 Å². The van der Waals surface area contributed by atoms with Crippen LogP contribution in [0.4, 0.5) is 0 Å². The number of carbonyl (C=O) groups is 1. The lowest BCUT2D eigenvalue weighted by Gasteiger charge is -2.16. The van der Waals surface area contributed by atoms with Crippen molar-refractivity contribution in [3.8, 4) is 0 Å². The maximum Gasteiger partial charge on any atom is 0.227 e. The van der Waals surface area contributed by atoms with Gasteiger partial charge in [0.05, 0.1) is 12.5 Å². The van der Waals surface area contributed by atoms with Crippen LogP contribution in [-0.4, -0.2) is 35.2 Å². The Morgan fingerprint density at radius 2 is 1.91 bits per heavy atom. The fourth-order valence-corrected chi connectivity index (χ4v) is 2.28. The van der Waals surface area contributed by atoms with Crippen LogP contribution >= 0.6 is 0 Å². The van der Waals surface area contributed by atoms with Crippen LogP contribution in [0.1, 0.15) is 44.2 Å². The first-order valence-corrected chi connectivity index (χ1v) is 7.98. The van der Waals surface area contributed by atoms with Gasteiger partial charge in [0.1, 0.15) is 0 Å². The van der Waals surface area contributed by atoms with Crippen molar-refractivity contribution in [1.82, 2.24) is 10.4 Å². The van der Waals surface area contributed by atoms with Gasteiger partial charge in [-0.05, 0) is 36.8 Å². The average Bonchev–Trinajstić information content (AvgIpc) is 2.50. The molecule has 1 amide bonds. The van der Waals surface area contributed by atoms with Gasteiger partial charge in [-0.15, -0.1) is 0 Å². The fraction of sp³-hybridized carbons (Fsp3) is 0.529. The molecule has 0 aliphatic heterocycles. The van der Waals surface area contributed by atoms with Crippen molar-refractivity contribution in [3.05, 3.63) is 35.4 Å². The summed E-state index contributed by atoms with van der Waals surface area (Å²) in [7, 11) is 0. The number of guanidine groups is 1. The lowest BCUT2D eigenvalue weighted by Crippen LogP contribution is -2.36. The molecular formula is C17H28N4O2. The number of benzene rings is 1. The molecule has 1 aromatic rings. The van der Waals surface area contributed by atoms with Crippen molar-refractivity contribution in [2.45, 2.75) is 39.5 Å². The van der Waals surface area contributed by atoms with Gasteiger partial charge in [-0.1, -0.05) is 38.1 Å². The summed E-state index contributed by atoms with van der Waals surface area (Å²) in [5.41, 5.74) is 7.39. The average molecular weight is 320 g/mol. The molecular weight excluding hydrogens is 292 g/mol. The van der Waals surface area contributed by atoms with Gasteiger partial charge in [-0.2, -0.15) is 0 Å². The molecule has 0 fully saturated rings. The number of hydrogen-bond acceptors (Lipinski definition) is 3. The summed E-state index contributed by atoms with van der Waals surface area (Å²) in [5, 5.41) is 19.8. The van der Waals surface area contributed by atoms with Crippen molar-refractivity contribution in [2.75, 3.05) is 13.1 Å². The molecule has 5 N–H and O–H groups in total. The van der Waals surface area contributed by atoms with E-state index in [0.29, 0.717) is 23.9 Å². The lowest BCUT2D eigenvalue weighted by atomic mass is 9.96. The normalized spacial score (nSPS) is 12.0. The summed E-state index contributed by atoms with van der Waals surface area (Å²) in [6.45, 7) is 6.89. The molecule has 0 bridgehead atoms. The van der Waals surface area contributed by atoms with Crippen LogP contribution in [0.2, 0.25) is 0 Å². The minimum absolute atomic E-state index is 0.0473. The smallest absolute Gasteiger partial charge is 0.227 e. The summed E-state index contributed by atoms with van der Waals surface area (Å²) in [6, 6.07) is 8.17. The molecule has 0 aliphatic rings. The van der Waals surface area contributed by atoms with Gasteiger partial charge in [0.2, 0.25) is 11.9 Å². The van der Waals surface area contributed by atoms with E-state index in [1.165, 1.54) is 5.56 Å².